The van der Waals surface area contributed by atoms with Gasteiger partial charge in [-0.2, -0.15) is 0 Å². The number of thiocarbonyl (C=S) groups is 1. The predicted octanol–water partition coefficient (Wildman–Crippen LogP) is 1.69. The molecule has 0 unspecified atom stereocenters. The van der Waals surface area contributed by atoms with Crippen molar-refractivity contribution < 1.29 is 14.6 Å². The summed E-state index contributed by atoms with van der Waals surface area (Å²) >= 11 is 6.99. The minimum absolute atomic E-state index is 0.0867. The number of ether oxygens (including phenoxy) is 1. The molecule has 1 aliphatic heterocycles. The van der Waals surface area contributed by atoms with E-state index < -0.39 is 0 Å². The summed E-state index contributed by atoms with van der Waals surface area (Å²) in [5, 5.41) is 13.0. The molecule has 0 aliphatic carbocycles. The molecule has 0 bridgehead atoms. The highest BCUT2D eigenvalue weighted by atomic mass is 127. The van der Waals surface area contributed by atoms with E-state index in [4.69, 9.17) is 17.0 Å². The Labute approximate surface area is 129 Å². The Morgan fingerprint density at radius 1 is 1.53 bits per heavy atom. The molecule has 100 valence electrons. The van der Waals surface area contributed by atoms with Gasteiger partial charge in [-0.3, -0.25) is 9.69 Å². The summed E-state index contributed by atoms with van der Waals surface area (Å²) in [6.45, 7) is 0. The van der Waals surface area contributed by atoms with Gasteiger partial charge in [-0.15, -0.1) is 0 Å². The van der Waals surface area contributed by atoms with Crippen LogP contribution in [-0.2, 0) is 4.79 Å². The number of methoxy groups -OCH3 is 1. The van der Waals surface area contributed by atoms with Crippen molar-refractivity contribution in [3.63, 3.8) is 0 Å². The molecule has 2 rings (SSSR count). The van der Waals surface area contributed by atoms with Crippen LogP contribution in [0.5, 0.6) is 11.5 Å². The number of aromatic hydroxyl groups is 1. The van der Waals surface area contributed by atoms with E-state index in [2.05, 4.69) is 5.32 Å². The topological polar surface area (TPSA) is 61.8 Å². The number of phenols is 1. The molecule has 1 aromatic rings. The number of phenolic OH excluding ortho intramolecular Hbond substituents is 1. The van der Waals surface area contributed by atoms with Gasteiger partial charge < -0.3 is 15.2 Å². The smallest absolute Gasteiger partial charge is 0.276 e. The summed E-state index contributed by atoms with van der Waals surface area (Å²) in [5.41, 5.74) is 1.14. The van der Waals surface area contributed by atoms with Crippen molar-refractivity contribution in [2.75, 3.05) is 14.2 Å². The van der Waals surface area contributed by atoms with Crippen LogP contribution in [0.3, 0.4) is 0 Å². The van der Waals surface area contributed by atoms with Crippen LogP contribution in [0.25, 0.3) is 6.08 Å². The molecule has 1 amide bonds. The van der Waals surface area contributed by atoms with Gasteiger partial charge in [0, 0.05) is 7.05 Å². The Balaban J connectivity index is 2.42. The standard InChI is InChI=1S/C12H11IN2O3S/c1-15-11(17)8(14-12(15)19)4-6-3-7(13)10(16)9(5-6)18-2/h3-5,16H,1-2H3,(H,14,19). The summed E-state index contributed by atoms with van der Waals surface area (Å²) < 4.78 is 5.72. The lowest BCUT2D eigenvalue weighted by atomic mass is 10.1. The number of hydrogen-bond acceptors (Lipinski definition) is 4. The first-order chi connectivity index (χ1) is 8.93. The molecule has 2 N–H and O–H groups in total. The lowest BCUT2D eigenvalue weighted by Gasteiger charge is -2.07. The average molecular weight is 390 g/mol. The zero-order valence-electron chi connectivity index (χ0n) is 10.2. The molecule has 1 aliphatic rings. The van der Waals surface area contributed by atoms with Crippen LogP contribution in [0.1, 0.15) is 5.56 Å². The van der Waals surface area contributed by atoms with E-state index in [1.807, 2.05) is 22.6 Å². The maximum absolute atomic E-state index is 11.9. The van der Waals surface area contributed by atoms with Crippen molar-refractivity contribution in [1.29, 1.82) is 0 Å². The van der Waals surface area contributed by atoms with Gasteiger partial charge >= 0.3 is 0 Å². The quantitative estimate of drug-likeness (QED) is 0.457. The second kappa shape index (κ2) is 5.33. The van der Waals surface area contributed by atoms with Crippen LogP contribution < -0.4 is 10.1 Å². The van der Waals surface area contributed by atoms with Gasteiger partial charge in [-0.05, 0) is 58.6 Å². The Morgan fingerprint density at radius 3 is 2.74 bits per heavy atom. The molecule has 19 heavy (non-hydrogen) atoms. The third-order valence-corrected chi connectivity index (χ3v) is 3.86. The van der Waals surface area contributed by atoms with Crippen LogP contribution in [0.2, 0.25) is 0 Å². The second-order valence-electron chi connectivity index (χ2n) is 3.91. The van der Waals surface area contributed by atoms with Crippen molar-refractivity contribution in [2.24, 2.45) is 0 Å². The van der Waals surface area contributed by atoms with Crippen LogP contribution in [0, 0.1) is 3.57 Å². The SMILES string of the molecule is COc1cc(C=C2NC(=S)N(C)C2=O)cc(I)c1O. The fourth-order valence-electron chi connectivity index (χ4n) is 1.62. The molecule has 5 nitrogen and oxygen atoms in total. The van der Waals surface area contributed by atoms with Crippen molar-refractivity contribution >= 4 is 51.9 Å². The summed E-state index contributed by atoms with van der Waals surface area (Å²) in [5.74, 6) is 0.260. The van der Waals surface area contributed by atoms with Crippen molar-refractivity contribution in [2.45, 2.75) is 0 Å². The van der Waals surface area contributed by atoms with Gasteiger partial charge in [0.25, 0.3) is 5.91 Å². The summed E-state index contributed by atoms with van der Waals surface area (Å²) in [4.78, 5) is 13.2. The highest BCUT2D eigenvalue weighted by Crippen LogP contribution is 2.33. The average Bonchev–Trinajstić information content (AvgIpc) is 2.61. The number of likely N-dealkylation sites (N-methyl/N-ethyl adjacent to an activating group) is 1. The maximum atomic E-state index is 11.9. The monoisotopic (exact) mass is 390 g/mol. The highest BCUT2D eigenvalue weighted by Gasteiger charge is 2.27. The first-order valence-electron chi connectivity index (χ1n) is 5.31. The first kappa shape index (κ1) is 14.1. The van der Waals surface area contributed by atoms with E-state index in [-0.39, 0.29) is 11.7 Å². The Bertz CT molecular complexity index is 601. The molecule has 0 atom stereocenters. The summed E-state index contributed by atoms with van der Waals surface area (Å²) in [6, 6.07) is 3.41. The molecule has 0 spiro atoms. The number of carbonyl (C=O) groups is 1. The van der Waals surface area contributed by atoms with Gasteiger partial charge in [-0.25, -0.2) is 0 Å². The van der Waals surface area contributed by atoms with E-state index in [0.29, 0.717) is 20.1 Å². The Hall–Kier alpha value is -1.35. The van der Waals surface area contributed by atoms with E-state index in [0.717, 1.165) is 5.56 Å². The lowest BCUT2D eigenvalue weighted by molar-refractivity contribution is -0.121. The fourth-order valence-corrected chi connectivity index (χ4v) is 2.44. The molecule has 1 saturated heterocycles. The maximum Gasteiger partial charge on any atom is 0.276 e. The van der Waals surface area contributed by atoms with Crippen molar-refractivity contribution in [3.05, 3.63) is 27.0 Å². The van der Waals surface area contributed by atoms with Crippen LogP contribution in [0.4, 0.5) is 0 Å². The predicted molar refractivity (Wildman–Crippen MR) is 83.9 cm³/mol. The number of halogens is 1. The molecule has 1 fully saturated rings. The second-order valence-corrected chi connectivity index (χ2v) is 5.45. The first-order valence-corrected chi connectivity index (χ1v) is 6.80. The zero-order valence-corrected chi connectivity index (χ0v) is 13.2. The van der Waals surface area contributed by atoms with Gasteiger partial charge in [-0.1, -0.05) is 0 Å². The zero-order chi connectivity index (χ0) is 14.2. The van der Waals surface area contributed by atoms with Crippen LogP contribution in [0.15, 0.2) is 17.8 Å². The number of nitrogens with zero attached hydrogens (tertiary/aromatic N) is 1. The third kappa shape index (κ3) is 2.66. The molecule has 1 heterocycles. The summed E-state index contributed by atoms with van der Waals surface area (Å²) in [6.07, 6.45) is 1.67. The number of nitrogens with one attached hydrogen (secondary N) is 1. The third-order valence-electron chi connectivity index (χ3n) is 2.66. The highest BCUT2D eigenvalue weighted by molar-refractivity contribution is 14.1. The van der Waals surface area contributed by atoms with E-state index in [1.54, 1.807) is 25.3 Å². The molecule has 0 saturated carbocycles. The Morgan fingerprint density at radius 2 is 2.21 bits per heavy atom. The number of benzene rings is 1. The number of hydrogen-bond donors (Lipinski definition) is 2. The van der Waals surface area contributed by atoms with Gasteiger partial charge in [0.15, 0.2) is 16.6 Å². The molecule has 0 aromatic heterocycles. The number of rotatable bonds is 2. The van der Waals surface area contributed by atoms with Gasteiger partial charge in [0.1, 0.15) is 5.70 Å². The fraction of sp³-hybridized carbons (Fsp3) is 0.167. The van der Waals surface area contributed by atoms with Crippen LogP contribution >= 0.6 is 34.8 Å². The molecule has 1 aromatic carbocycles. The minimum atomic E-state index is -0.188. The largest absolute Gasteiger partial charge is 0.504 e. The van der Waals surface area contributed by atoms with Crippen LogP contribution in [-0.4, -0.2) is 35.2 Å². The molecular weight excluding hydrogens is 379 g/mol. The summed E-state index contributed by atoms with van der Waals surface area (Å²) in [7, 11) is 3.09. The van der Waals surface area contributed by atoms with Crippen molar-refractivity contribution in [1.82, 2.24) is 10.2 Å². The number of carbonyl (C=O) groups excluding carboxylic acids is 1. The van der Waals surface area contributed by atoms with Gasteiger partial charge in [0.05, 0.1) is 10.7 Å². The van der Waals surface area contributed by atoms with E-state index in [9.17, 15) is 9.90 Å². The Kier molecular flexibility index (Phi) is 3.95. The van der Waals surface area contributed by atoms with E-state index in [1.165, 1.54) is 12.0 Å². The molecule has 0 radical (unpaired) electrons. The normalized spacial score (nSPS) is 17.0. The van der Waals surface area contributed by atoms with E-state index >= 15 is 0 Å². The molecule has 7 heteroatoms. The minimum Gasteiger partial charge on any atom is -0.504 e. The molecular formula is C12H11IN2O3S. The lowest BCUT2D eigenvalue weighted by Crippen LogP contribution is -2.25. The van der Waals surface area contributed by atoms with Crippen molar-refractivity contribution in [3.8, 4) is 11.5 Å². The van der Waals surface area contributed by atoms with Gasteiger partial charge in [0.2, 0.25) is 0 Å². The number of amides is 1.